The summed E-state index contributed by atoms with van der Waals surface area (Å²) in [6, 6.07) is 13.8. The predicted octanol–water partition coefficient (Wildman–Crippen LogP) is 4.20. The second kappa shape index (κ2) is 10.8. The third kappa shape index (κ3) is 6.75. The molecule has 0 radical (unpaired) electrons. The Labute approximate surface area is 171 Å². The van der Waals surface area contributed by atoms with Gasteiger partial charge in [0.15, 0.2) is 0 Å². The number of benzene rings is 2. The first kappa shape index (κ1) is 21.1. The maximum absolute atomic E-state index is 13.2. The Balaban J connectivity index is 1.54. The summed E-state index contributed by atoms with van der Waals surface area (Å²) in [5, 5.41) is 0. The summed E-state index contributed by atoms with van der Waals surface area (Å²) in [6.07, 6.45) is 3.03. The van der Waals surface area contributed by atoms with Crippen LogP contribution in [0.1, 0.15) is 31.2 Å². The summed E-state index contributed by atoms with van der Waals surface area (Å²) in [5.74, 6) is 0.978. The number of carbonyl (C=O) groups is 1. The smallest absolute Gasteiger partial charge is 0.223 e. The molecule has 2 aromatic rings. The fraction of sp³-hybridized carbons (Fsp3) is 0.435. The van der Waals surface area contributed by atoms with Gasteiger partial charge in [-0.05, 0) is 49.1 Å². The molecule has 1 fully saturated rings. The first-order chi connectivity index (χ1) is 14.1. The number of ether oxygens (including phenoxy) is 3. The van der Waals surface area contributed by atoms with Crippen molar-refractivity contribution >= 4 is 5.91 Å². The molecule has 3 rings (SSSR count). The van der Waals surface area contributed by atoms with E-state index in [1.807, 2.05) is 29.2 Å². The lowest BCUT2D eigenvalue weighted by Crippen LogP contribution is -2.37. The van der Waals surface area contributed by atoms with Crippen molar-refractivity contribution in [3.05, 3.63) is 59.9 Å². The number of hydrogen-bond acceptors (Lipinski definition) is 4. The van der Waals surface area contributed by atoms with Crippen LogP contribution in [0.3, 0.4) is 0 Å². The monoisotopic (exact) mass is 401 g/mol. The topological polar surface area (TPSA) is 48.0 Å². The van der Waals surface area contributed by atoms with Crippen LogP contribution in [-0.4, -0.2) is 43.8 Å². The van der Waals surface area contributed by atoms with E-state index in [-0.39, 0.29) is 17.8 Å². The van der Waals surface area contributed by atoms with Gasteiger partial charge >= 0.3 is 0 Å². The number of hydrogen-bond donors (Lipinski definition) is 0. The first-order valence-electron chi connectivity index (χ1n) is 10.0. The molecule has 156 valence electrons. The zero-order valence-corrected chi connectivity index (χ0v) is 16.8. The highest BCUT2D eigenvalue weighted by Crippen LogP contribution is 2.19. The Bertz CT molecular complexity index is 792. The average molecular weight is 401 g/mol. The highest BCUT2D eigenvalue weighted by atomic mass is 19.1. The second-order valence-corrected chi connectivity index (χ2v) is 7.17. The minimum absolute atomic E-state index is 0.0613. The van der Waals surface area contributed by atoms with E-state index in [9.17, 15) is 9.18 Å². The number of halogens is 1. The first-order valence-corrected chi connectivity index (χ1v) is 10.0. The number of rotatable bonds is 10. The van der Waals surface area contributed by atoms with Crippen molar-refractivity contribution in [1.29, 1.82) is 0 Å². The molecule has 0 spiro atoms. The van der Waals surface area contributed by atoms with Gasteiger partial charge in [-0.1, -0.05) is 18.2 Å². The molecule has 1 heterocycles. The van der Waals surface area contributed by atoms with Gasteiger partial charge in [-0.15, -0.1) is 0 Å². The summed E-state index contributed by atoms with van der Waals surface area (Å²) in [7, 11) is 1.63. The van der Waals surface area contributed by atoms with E-state index in [1.165, 1.54) is 12.1 Å². The molecule has 0 saturated carbocycles. The molecule has 1 aliphatic heterocycles. The van der Waals surface area contributed by atoms with Crippen molar-refractivity contribution in [2.45, 2.75) is 38.3 Å². The Morgan fingerprint density at radius 3 is 2.79 bits per heavy atom. The fourth-order valence-corrected chi connectivity index (χ4v) is 3.41. The van der Waals surface area contributed by atoms with Crippen LogP contribution in [0.15, 0.2) is 48.5 Å². The molecule has 1 amide bonds. The van der Waals surface area contributed by atoms with Gasteiger partial charge in [0.2, 0.25) is 5.91 Å². The maximum Gasteiger partial charge on any atom is 0.223 e. The van der Waals surface area contributed by atoms with Crippen LogP contribution < -0.4 is 9.47 Å². The van der Waals surface area contributed by atoms with Gasteiger partial charge in [0.05, 0.1) is 19.8 Å². The molecule has 1 unspecified atom stereocenters. The molecule has 0 aromatic heterocycles. The standard InChI is InChI=1S/C23H28FNO4/c1-27-20-8-2-6-18(14-20)16-25(17-22-10-4-12-29-22)23(26)11-5-13-28-21-9-3-7-19(24)15-21/h2-3,6-9,14-15,22H,4-5,10-13,16-17H2,1H3. The fourth-order valence-electron chi connectivity index (χ4n) is 3.41. The van der Waals surface area contributed by atoms with Crippen molar-refractivity contribution in [3.8, 4) is 11.5 Å². The number of amides is 1. The molecule has 1 saturated heterocycles. The van der Waals surface area contributed by atoms with Gasteiger partial charge < -0.3 is 19.1 Å². The maximum atomic E-state index is 13.2. The molecule has 0 aliphatic carbocycles. The zero-order chi connectivity index (χ0) is 20.5. The molecule has 2 aromatic carbocycles. The SMILES string of the molecule is COc1cccc(CN(CC2CCCO2)C(=O)CCCOc2cccc(F)c2)c1. The van der Waals surface area contributed by atoms with Crippen LogP contribution in [0.4, 0.5) is 4.39 Å². The molecule has 0 bridgehead atoms. The molecule has 0 N–H and O–H groups in total. The van der Waals surface area contributed by atoms with Crippen LogP contribution in [0.2, 0.25) is 0 Å². The van der Waals surface area contributed by atoms with Crippen LogP contribution in [0.25, 0.3) is 0 Å². The van der Waals surface area contributed by atoms with E-state index in [2.05, 4.69) is 0 Å². The van der Waals surface area contributed by atoms with Crippen LogP contribution in [0, 0.1) is 5.82 Å². The lowest BCUT2D eigenvalue weighted by molar-refractivity contribution is -0.133. The second-order valence-electron chi connectivity index (χ2n) is 7.17. The highest BCUT2D eigenvalue weighted by molar-refractivity contribution is 5.76. The van der Waals surface area contributed by atoms with Crippen molar-refractivity contribution in [1.82, 2.24) is 4.90 Å². The minimum atomic E-state index is -0.334. The minimum Gasteiger partial charge on any atom is -0.497 e. The molecule has 6 heteroatoms. The Hall–Kier alpha value is -2.60. The van der Waals surface area contributed by atoms with Crippen molar-refractivity contribution in [3.63, 3.8) is 0 Å². The molecule has 1 aliphatic rings. The third-order valence-corrected chi connectivity index (χ3v) is 4.91. The predicted molar refractivity (Wildman–Crippen MR) is 109 cm³/mol. The summed E-state index contributed by atoms with van der Waals surface area (Å²) in [5.41, 5.74) is 1.02. The van der Waals surface area contributed by atoms with Gasteiger partial charge in [0, 0.05) is 32.2 Å². The highest BCUT2D eigenvalue weighted by Gasteiger charge is 2.22. The van der Waals surface area contributed by atoms with Crippen LogP contribution in [-0.2, 0) is 16.1 Å². The van der Waals surface area contributed by atoms with Gasteiger partial charge in [0.25, 0.3) is 0 Å². The normalized spacial score (nSPS) is 15.9. The van der Waals surface area contributed by atoms with E-state index in [4.69, 9.17) is 14.2 Å². The Morgan fingerprint density at radius 2 is 2.03 bits per heavy atom. The quantitative estimate of drug-likeness (QED) is 0.560. The van der Waals surface area contributed by atoms with Crippen LogP contribution >= 0.6 is 0 Å². The van der Waals surface area contributed by atoms with E-state index >= 15 is 0 Å². The van der Waals surface area contributed by atoms with Gasteiger partial charge in [-0.2, -0.15) is 0 Å². The Morgan fingerprint density at radius 1 is 1.21 bits per heavy atom. The van der Waals surface area contributed by atoms with Gasteiger partial charge in [-0.3, -0.25) is 4.79 Å². The zero-order valence-electron chi connectivity index (χ0n) is 16.8. The van der Waals surface area contributed by atoms with E-state index in [0.717, 1.165) is 30.8 Å². The number of nitrogens with zero attached hydrogens (tertiary/aromatic N) is 1. The van der Waals surface area contributed by atoms with E-state index in [1.54, 1.807) is 19.2 Å². The largest absolute Gasteiger partial charge is 0.497 e. The summed E-state index contributed by atoms with van der Waals surface area (Å²) < 4.78 is 29.8. The summed E-state index contributed by atoms with van der Waals surface area (Å²) >= 11 is 0. The summed E-state index contributed by atoms with van der Waals surface area (Å²) in [4.78, 5) is 14.7. The molecular formula is C23H28FNO4. The van der Waals surface area contributed by atoms with Crippen molar-refractivity contribution < 1.29 is 23.4 Å². The molecule has 29 heavy (non-hydrogen) atoms. The van der Waals surface area contributed by atoms with Crippen LogP contribution in [0.5, 0.6) is 11.5 Å². The lowest BCUT2D eigenvalue weighted by Gasteiger charge is -2.26. The Kier molecular flexibility index (Phi) is 7.87. The van der Waals surface area contributed by atoms with Gasteiger partial charge in [-0.25, -0.2) is 4.39 Å². The van der Waals surface area contributed by atoms with E-state index < -0.39 is 0 Å². The lowest BCUT2D eigenvalue weighted by atomic mass is 10.1. The van der Waals surface area contributed by atoms with Crippen molar-refractivity contribution in [2.75, 3.05) is 26.9 Å². The molecule has 5 nitrogen and oxygen atoms in total. The third-order valence-electron chi connectivity index (χ3n) is 4.91. The number of carbonyl (C=O) groups excluding carboxylic acids is 1. The van der Waals surface area contributed by atoms with Crippen molar-refractivity contribution in [2.24, 2.45) is 0 Å². The average Bonchev–Trinajstić information content (AvgIpc) is 3.24. The summed E-state index contributed by atoms with van der Waals surface area (Å²) in [6.45, 7) is 2.22. The van der Waals surface area contributed by atoms with E-state index in [0.29, 0.717) is 38.3 Å². The van der Waals surface area contributed by atoms with Gasteiger partial charge in [0.1, 0.15) is 17.3 Å². The number of methoxy groups -OCH3 is 1. The molecule has 1 atom stereocenters. The molecular weight excluding hydrogens is 373 g/mol.